The minimum atomic E-state index is -1.08. The van der Waals surface area contributed by atoms with Crippen LogP contribution < -0.4 is 14.7 Å². The zero-order valence-electron chi connectivity index (χ0n) is 17.8. The molecule has 2 aliphatic rings. The van der Waals surface area contributed by atoms with E-state index in [2.05, 4.69) is 15.9 Å². The molecule has 0 bridgehead atoms. The van der Waals surface area contributed by atoms with E-state index in [0.717, 1.165) is 9.37 Å². The van der Waals surface area contributed by atoms with Crippen molar-refractivity contribution in [3.63, 3.8) is 0 Å². The number of non-ortho nitro benzene ring substituents is 1. The molecule has 5 rings (SSSR count). The Balaban J connectivity index is 1.60. The number of imide groups is 1. The number of methoxy groups -OCH3 is 1. The number of fused-ring (bicyclic) bond motifs is 1. The first kappa shape index (κ1) is 22.1. The van der Waals surface area contributed by atoms with Crippen molar-refractivity contribution in [2.45, 2.75) is 12.1 Å². The highest BCUT2D eigenvalue weighted by atomic mass is 79.9. The van der Waals surface area contributed by atoms with Crippen molar-refractivity contribution in [1.82, 2.24) is 0 Å². The van der Waals surface area contributed by atoms with Gasteiger partial charge in [0.25, 0.3) is 11.6 Å². The van der Waals surface area contributed by atoms with E-state index in [4.69, 9.17) is 9.57 Å². The van der Waals surface area contributed by atoms with Gasteiger partial charge >= 0.3 is 0 Å². The van der Waals surface area contributed by atoms with E-state index in [0.29, 0.717) is 22.7 Å². The first-order chi connectivity index (χ1) is 16.4. The molecule has 10 heteroatoms. The van der Waals surface area contributed by atoms with Gasteiger partial charge in [-0.3, -0.25) is 24.5 Å². The summed E-state index contributed by atoms with van der Waals surface area (Å²) in [5.41, 5.74) is 1.36. The molecular formula is C24H18BrN3O6. The number of amides is 2. The number of nitrogens with zero attached hydrogens (tertiary/aromatic N) is 3. The van der Waals surface area contributed by atoms with Gasteiger partial charge in [-0.2, -0.15) is 0 Å². The maximum Gasteiger partial charge on any atom is 0.271 e. The molecule has 172 valence electrons. The molecule has 0 N–H and O–H groups in total. The highest BCUT2D eigenvalue weighted by Gasteiger charge is 2.60. The largest absolute Gasteiger partial charge is 0.497 e. The maximum absolute atomic E-state index is 13.6. The quantitative estimate of drug-likeness (QED) is 0.277. The second-order valence-electron chi connectivity index (χ2n) is 7.86. The topological polar surface area (TPSA) is 102 Å². The number of hydrogen-bond acceptors (Lipinski definition) is 7. The van der Waals surface area contributed by atoms with Crippen LogP contribution in [0.3, 0.4) is 0 Å². The van der Waals surface area contributed by atoms with E-state index < -0.39 is 34.8 Å². The molecule has 2 heterocycles. The van der Waals surface area contributed by atoms with Crippen LogP contribution in [-0.2, 0) is 14.4 Å². The van der Waals surface area contributed by atoms with E-state index in [9.17, 15) is 19.7 Å². The van der Waals surface area contributed by atoms with Crippen LogP contribution in [0.4, 0.5) is 17.1 Å². The number of ether oxygens (including phenoxy) is 1. The Bertz CT molecular complexity index is 1300. The number of carbonyl (C=O) groups is 2. The van der Waals surface area contributed by atoms with Crippen LogP contribution in [0, 0.1) is 16.0 Å². The first-order valence-corrected chi connectivity index (χ1v) is 11.2. The lowest BCUT2D eigenvalue weighted by atomic mass is 9.90. The van der Waals surface area contributed by atoms with Gasteiger partial charge in [-0.15, -0.1) is 0 Å². The smallest absolute Gasteiger partial charge is 0.271 e. The Kier molecular flexibility index (Phi) is 5.54. The van der Waals surface area contributed by atoms with Crippen LogP contribution >= 0.6 is 15.9 Å². The Labute approximate surface area is 202 Å². The van der Waals surface area contributed by atoms with E-state index in [1.165, 1.54) is 30.4 Å². The summed E-state index contributed by atoms with van der Waals surface area (Å²) in [5.74, 6) is -1.18. The van der Waals surface area contributed by atoms with Crippen LogP contribution in [0.15, 0.2) is 77.3 Å². The second kappa shape index (κ2) is 8.54. The van der Waals surface area contributed by atoms with Crippen LogP contribution in [0.25, 0.3) is 0 Å². The highest BCUT2D eigenvalue weighted by Crippen LogP contribution is 2.48. The van der Waals surface area contributed by atoms with Gasteiger partial charge in [-0.25, -0.2) is 9.96 Å². The number of benzene rings is 3. The molecule has 3 aromatic carbocycles. The van der Waals surface area contributed by atoms with Gasteiger partial charge in [0.15, 0.2) is 6.10 Å². The van der Waals surface area contributed by atoms with Crippen LogP contribution in [0.5, 0.6) is 5.75 Å². The predicted octanol–water partition coefficient (Wildman–Crippen LogP) is 4.42. The Morgan fingerprint density at radius 1 is 0.971 bits per heavy atom. The number of hydrogen-bond donors (Lipinski definition) is 0. The molecule has 9 nitrogen and oxygen atoms in total. The third-order valence-corrected chi connectivity index (χ3v) is 6.46. The molecule has 3 atom stereocenters. The lowest BCUT2D eigenvalue weighted by molar-refractivity contribution is -0.384. The predicted molar refractivity (Wildman–Crippen MR) is 126 cm³/mol. The lowest BCUT2D eigenvalue weighted by Gasteiger charge is -2.28. The van der Waals surface area contributed by atoms with E-state index >= 15 is 0 Å². The van der Waals surface area contributed by atoms with Crippen molar-refractivity contribution in [3.05, 3.63) is 92.9 Å². The van der Waals surface area contributed by atoms with Crippen LogP contribution in [-0.4, -0.2) is 30.0 Å². The molecule has 34 heavy (non-hydrogen) atoms. The molecule has 0 unspecified atom stereocenters. The van der Waals surface area contributed by atoms with Gasteiger partial charge < -0.3 is 4.74 Å². The average molecular weight is 524 g/mol. The number of carbonyl (C=O) groups excluding carboxylic acids is 2. The maximum atomic E-state index is 13.6. The molecule has 2 aliphatic heterocycles. The van der Waals surface area contributed by atoms with Crippen molar-refractivity contribution in [3.8, 4) is 5.75 Å². The lowest BCUT2D eigenvalue weighted by Crippen LogP contribution is -2.37. The summed E-state index contributed by atoms with van der Waals surface area (Å²) in [4.78, 5) is 45.0. The highest BCUT2D eigenvalue weighted by molar-refractivity contribution is 9.10. The van der Waals surface area contributed by atoms with Crippen molar-refractivity contribution in [2.75, 3.05) is 17.1 Å². The molecule has 0 radical (unpaired) electrons. The summed E-state index contributed by atoms with van der Waals surface area (Å²) < 4.78 is 6.17. The zero-order chi connectivity index (χ0) is 24.0. The first-order valence-electron chi connectivity index (χ1n) is 10.4. The van der Waals surface area contributed by atoms with Gasteiger partial charge in [0.1, 0.15) is 11.7 Å². The molecule has 2 amide bonds. The van der Waals surface area contributed by atoms with Crippen molar-refractivity contribution in [2.24, 2.45) is 5.92 Å². The van der Waals surface area contributed by atoms with Crippen LogP contribution in [0.1, 0.15) is 11.6 Å². The number of nitro groups is 1. The van der Waals surface area contributed by atoms with Gasteiger partial charge in [0.2, 0.25) is 5.91 Å². The summed E-state index contributed by atoms with van der Waals surface area (Å²) in [6.07, 6.45) is -1.08. The Morgan fingerprint density at radius 3 is 2.41 bits per heavy atom. The fourth-order valence-electron chi connectivity index (χ4n) is 4.39. The number of nitro benzene ring substituents is 1. The Morgan fingerprint density at radius 2 is 1.71 bits per heavy atom. The average Bonchev–Trinajstić information content (AvgIpc) is 3.36. The van der Waals surface area contributed by atoms with E-state index in [1.807, 2.05) is 6.07 Å². The van der Waals surface area contributed by atoms with Gasteiger partial charge in [-0.1, -0.05) is 34.1 Å². The van der Waals surface area contributed by atoms with Crippen molar-refractivity contribution in [1.29, 1.82) is 0 Å². The molecule has 2 fully saturated rings. The number of rotatable bonds is 5. The molecule has 0 spiro atoms. The van der Waals surface area contributed by atoms with Crippen molar-refractivity contribution >= 4 is 44.8 Å². The Hall–Kier alpha value is -3.76. The number of anilines is 2. The molecule has 0 aliphatic carbocycles. The summed E-state index contributed by atoms with van der Waals surface area (Å²) >= 11 is 3.36. The van der Waals surface area contributed by atoms with E-state index in [1.54, 1.807) is 48.5 Å². The monoisotopic (exact) mass is 523 g/mol. The molecule has 0 saturated carbocycles. The van der Waals surface area contributed by atoms with Crippen LogP contribution in [0.2, 0.25) is 0 Å². The van der Waals surface area contributed by atoms with Crippen molar-refractivity contribution < 1.29 is 24.1 Å². The minimum absolute atomic E-state index is 0.128. The number of hydroxylamine groups is 1. The molecule has 0 aromatic heterocycles. The minimum Gasteiger partial charge on any atom is -0.497 e. The SMILES string of the molecule is COc1cccc([C@@H]2[C@H]3C(=O)N(c4ccc(Br)cc4)C(=O)[C@@H]3ON2c2cccc([N+](=O)[O-])c2)c1. The molecular weight excluding hydrogens is 506 g/mol. The summed E-state index contributed by atoms with van der Waals surface area (Å²) in [6.45, 7) is 0. The fourth-order valence-corrected chi connectivity index (χ4v) is 4.66. The fraction of sp³-hybridized carbons (Fsp3) is 0.167. The third kappa shape index (κ3) is 3.61. The molecule has 2 saturated heterocycles. The zero-order valence-corrected chi connectivity index (χ0v) is 19.4. The number of halogens is 1. The summed E-state index contributed by atoms with van der Waals surface area (Å²) in [6, 6.07) is 19.2. The van der Waals surface area contributed by atoms with Gasteiger partial charge in [0, 0.05) is 16.6 Å². The normalized spacial score (nSPS) is 21.6. The molecule has 3 aromatic rings. The second-order valence-corrected chi connectivity index (χ2v) is 8.78. The van der Waals surface area contributed by atoms with E-state index in [-0.39, 0.29) is 5.69 Å². The standard InChI is InChI=1S/C24H18BrN3O6/c1-33-19-7-2-4-14(12-19)21-20-22(34-27(21)17-5-3-6-18(13-17)28(31)32)24(30)26(23(20)29)16-10-8-15(25)9-11-16/h2-13,20-22H,1H3/t20-,21-,22-/m1/s1. The van der Waals surface area contributed by atoms with Gasteiger partial charge in [-0.05, 0) is 48.0 Å². The summed E-state index contributed by atoms with van der Waals surface area (Å²) in [5, 5.41) is 12.8. The van der Waals surface area contributed by atoms with Gasteiger partial charge in [0.05, 0.1) is 29.4 Å². The summed E-state index contributed by atoms with van der Waals surface area (Å²) in [7, 11) is 1.53. The third-order valence-electron chi connectivity index (χ3n) is 5.93.